The van der Waals surface area contributed by atoms with Gasteiger partial charge < -0.3 is 10.2 Å². The summed E-state index contributed by atoms with van der Waals surface area (Å²) in [7, 11) is 2.02. The Morgan fingerprint density at radius 2 is 2.10 bits per heavy atom. The van der Waals surface area contributed by atoms with Crippen LogP contribution in [0, 0.1) is 0 Å². The third-order valence-electron chi connectivity index (χ3n) is 4.08. The van der Waals surface area contributed by atoms with Gasteiger partial charge in [0.1, 0.15) is 0 Å². The predicted molar refractivity (Wildman–Crippen MR) is 90.1 cm³/mol. The molecule has 1 N–H and O–H groups in total. The molecule has 1 fully saturated rings. The molecule has 2 aromatic rings. The lowest BCUT2D eigenvalue weighted by atomic mass is 10.0. The highest BCUT2D eigenvalue weighted by Crippen LogP contribution is 2.33. The molecular weight excluding hydrogens is 278 g/mol. The van der Waals surface area contributed by atoms with Crippen LogP contribution in [0.4, 0.5) is 5.13 Å². The number of nitrogens with zero attached hydrogens (tertiary/aromatic N) is 2. The van der Waals surface area contributed by atoms with Crippen molar-refractivity contribution < 1.29 is 0 Å². The lowest BCUT2D eigenvalue weighted by molar-refractivity contribution is 0.585. The molecule has 1 atom stereocenters. The second kappa shape index (κ2) is 6.58. The van der Waals surface area contributed by atoms with Crippen LogP contribution in [-0.2, 0) is 6.42 Å². The predicted octanol–water partition coefficient (Wildman–Crippen LogP) is 3.64. The SMILES string of the molecule is CCN(c1nc(CC(NC)c2ccccc2)cs1)C1CC1. The van der Waals surface area contributed by atoms with Crippen LogP contribution >= 0.6 is 11.3 Å². The summed E-state index contributed by atoms with van der Waals surface area (Å²) >= 11 is 1.79. The molecular formula is C17H23N3S. The van der Waals surface area contributed by atoms with E-state index in [9.17, 15) is 0 Å². The standard InChI is InChI=1S/C17H23N3S/c1-3-20(15-9-10-15)17-19-14(12-21-17)11-16(18-2)13-7-5-4-6-8-13/h4-8,12,15-16,18H,3,9-11H2,1-2H3. The van der Waals surface area contributed by atoms with Crippen molar-refractivity contribution in [3.05, 3.63) is 47.0 Å². The third-order valence-corrected chi connectivity index (χ3v) is 5.00. The van der Waals surface area contributed by atoms with Crippen LogP contribution in [-0.4, -0.2) is 24.6 Å². The van der Waals surface area contributed by atoms with Crippen LogP contribution in [0.2, 0.25) is 0 Å². The molecule has 0 bridgehead atoms. The van der Waals surface area contributed by atoms with Crippen molar-refractivity contribution in [2.24, 2.45) is 0 Å². The topological polar surface area (TPSA) is 28.2 Å². The Labute approximate surface area is 131 Å². The van der Waals surface area contributed by atoms with Crippen molar-refractivity contribution in [1.82, 2.24) is 10.3 Å². The molecule has 0 aliphatic heterocycles. The number of likely N-dealkylation sites (N-methyl/N-ethyl adjacent to an activating group) is 1. The molecule has 1 heterocycles. The molecule has 0 spiro atoms. The second-order valence-corrected chi connectivity index (χ2v) is 6.43. The maximum atomic E-state index is 4.86. The van der Waals surface area contributed by atoms with Gasteiger partial charge in [-0.2, -0.15) is 0 Å². The number of nitrogens with one attached hydrogen (secondary N) is 1. The Bertz CT molecular complexity index is 562. The van der Waals surface area contributed by atoms with E-state index >= 15 is 0 Å². The molecule has 1 aliphatic carbocycles. The van der Waals surface area contributed by atoms with Crippen LogP contribution in [0.3, 0.4) is 0 Å². The van der Waals surface area contributed by atoms with Crippen LogP contribution < -0.4 is 10.2 Å². The van der Waals surface area contributed by atoms with E-state index in [0.717, 1.165) is 19.0 Å². The third kappa shape index (κ3) is 3.44. The summed E-state index contributed by atoms with van der Waals surface area (Å²) in [6.45, 7) is 3.28. The zero-order valence-corrected chi connectivity index (χ0v) is 13.6. The monoisotopic (exact) mass is 301 g/mol. The number of hydrogen-bond acceptors (Lipinski definition) is 4. The molecule has 3 nitrogen and oxygen atoms in total. The highest BCUT2D eigenvalue weighted by Gasteiger charge is 2.29. The van der Waals surface area contributed by atoms with Gasteiger partial charge in [0.15, 0.2) is 5.13 Å². The van der Waals surface area contributed by atoms with Crippen LogP contribution in [0.1, 0.15) is 37.1 Å². The molecule has 21 heavy (non-hydrogen) atoms. The highest BCUT2D eigenvalue weighted by atomic mass is 32.1. The molecule has 0 amide bonds. The molecule has 1 saturated carbocycles. The molecule has 1 unspecified atom stereocenters. The molecule has 0 saturated heterocycles. The van der Waals surface area contributed by atoms with Gasteiger partial charge in [0.25, 0.3) is 0 Å². The van der Waals surface area contributed by atoms with E-state index < -0.39 is 0 Å². The number of hydrogen-bond donors (Lipinski definition) is 1. The van der Waals surface area contributed by atoms with Gasteiger partial charge in [-0.05, 0) is 32.4 Å². The van der Waals surface area contributed by atoms with Gasteiger partial charge in [0.05, 0.1) is 5.69 Å². The smallest absolute Gasteiger partial charge is 0.185 e. The van der Waals surface area contributed by atoms with E-state index in [1.165, 1.54) is 29.2 Å². The normalized spacial score (nSPS) is 15.9. The van der Waals surface area contributed by atoms with Crippen LogP contribution in [0.15, 0.2) is 35.7 Å². The van der Waals surface area contributed by atoms with Gasteiger partial charge in [-0.25, -0.2) is 4.98 Å². The number of aromatic nitrogens is 1. The number of thiazole rings is 1. The lowest BCUT2D eigenvalue weighted by Gasteiger charge is -2.19. The van der Waals surface area contributed by atoms with Gasteiger partial charge in [-0.3, -0.25) is 0 Å². The van der Waals surface area contributed by atoms with Crippen molar-refractivity contribution in [3.63, 3.8) is 0 Å². The minimum Gasteiger partial charge on any atom is -0.345 e. The van der Waals surface area contributed by atoms with Gasteiger partial charge in [0, 0.05) is 30.4 Å². The first kappa shape index (κ1) is 14.5. The molecule has 1 aliphatic rings. The Morgan fingerprint density at radius 3 is 2.71 bits per heavy atom. The van der Waals surface area contributed by atoms with Gasteiger partial charge >= 0.3 is 0 Å². The summed E-state index contributed by atoms with van der Waals surface area (Å²) in [6, 6.07) is 11.7. The fourth-order valence-electron chi connectivity index (χ4n) is 2.74. The zero-order chi connectivity index (χ0) is 14.7. The first-order chi connectivity index (χ1) is 10.3. The first-order valence-electron chi connectivity index (χ1n) is 7.75. The minimum absolute atomic E-state index is 0.331. The Kier molecular flexibility index (Phi) is 4.56. The van der Waals surface area contributed by atoms with Crippen molar-refractivity contribution in [2.75, 3.05) is 18.5 Å². The number of anilines is 1. The Morgan fingerprint density at radius 1 is 1.33 bits per heavy atom. The number of rotatable bonds is 7. The van der Waals surface area contributed by atoms with Crippen molar-refractivity contribution in [3.8, 4) is 0 Å². The summed E-state index contributed by atoms with van der Waals surface area (Å²) in [5.41, 5.74) is 2.52. The van der Waals surface area contributed by atoms with E-state index in [0.29, 0.717) is 6.04 Å². The summed E-state index contributed by atoms with van der Waals surface area (Å²) in [5.74, 6) is 0. The molecule has 4 heteroatoms. The average molecular weight is 301 g/mol. The maximum absolute atomic E-state index is 4.86. The maximum Gasteiger partial charge on any atom is 0.185 e. The second-order valence-electron chi connectivity index (χ2n) is 5.59. The summed E-state index contributed by atoms with van der Waals surface area (Å²) in [4.78, 5) is 7.31. The van der Waals surface area contributed by atoms with E-state index in [2.05, 4.69) is 52.9 Å². The summed E-state index contributed by atoms with van der Waals surface area (Å²) in [6.07, 6.45) is 3.59. The molecule has 1 aromatic carbocycles. The number of benzene rings is 1. The van der Waals surface area contributed by atoms with Gasteiger partial charge in [-0.1, -0.05) is 30.3 Å². The van der Waals surface area contributed by atoms with E-state index in [1.54, 1.807) is 11.3 Å². The van der Waals surface area contributed by atoms with E-state index in [4.69, 9.17) is 4.98 Å². The Balaban J connectivity index is 1.71. The van der Waals surface area contributed by atoms with Crippen molar-refractivity contribution in [1.29, 1.82) is 0 Å². The largest absolute Gasteiger partial charge is 0.345 e. The van der Waals surface area contributed by atoms with Gasteiger partial charge in [0.2, 0.25) is 0 Å². The quantitative estimate of drug-likeness (QED) is 0.846. The molecule has 3 rings (SSSR count). The summed E-state index contributed by atoms with van der Waals surface area (Å²) < 4.78 is 0. The van der Waals surface area contributed by atoms with E-state index in [-0.39, 0.29) is 0 Å². The highest BCUT2D eigenvalue weighted by molar-refractivity contribution is 7.13. The lowest BCUT2D eigenvalue weighted by Crippen LogP contribution is -2.25. The summed E-state index contributed by atoms with van der Waals surface area (Å²) in [5, 5.41) is 6.81. The zero-order valence-electron chi connectivity index (χ0n) is 12.7. The van der Waals surface area contributed by atoms with E-state index in [1.807, 2.05) is 7.05 Å². The minimum atomic E-state index is 0.331. The van der Waals surface area contributed by atoms with Crippen LogP contribution in [0.5, 0.6) is 0 Å². The Hall–Kier alpha value is -1.39. The van der Waals surface area contributed by atoms with Crippen molar-refractivity contribution in [2.45, 2.75) is 38.3 Å². The fraction of sp³-hybridized carbons (Fsp3) is 0.471. The average Bonchev–Trinajstić information content (AvgIpc) is 3.25. The molecule has 112 valence electrons. The first-order valence-corrected chi connectivity index (χ1v) is 8.63. The molecule has 1 aromatic heterocycles. The van der Waals surface area contributed by atoms with Gasteiger partial charge in [-0.15, -0.1) is 11.3 Å². The fourth-order valence-corrected chi connectivity index (χ4v) is 3.71. The van der Waals surface area contributed by atoms with Crippen LogP contribution in [0.25, 0.3) is 0 Å². The molecule has 0 radical (unpaired) electrons. The van der Waals surface area contributed by atoms with Crippen molar-refractivity contribution >= 4 is 16.5 Å².